The average molecular weight is 536 g/mol. The van der Waals surface area contributed by atoms with Crippen molar-refractivity contribution in [2.45, 2.75) is 18.8 Å². The molecule has 1 heterocycles. The van der Waals surface area contributed by atoms with E-state index in [1.807, 2.05) is 13.0 Å². The zero-order valence-corrected chi connectivity index (χ0v) is 20.7. The highest BCUT2D eigenvalue weighted by Gasteiger charge is 2.11. The predicted octanol–water partition coefficient (Wildman–Crippen LogP) is 4.50. The number of benzene rings is 2. The number of thioether (sulfide) groups is 1. The van der Waals surface area contributed by atoms with E-state index in [0.717, 1.165) is 11.8 Å². The summed E-state index contributed by atoms with van der Waals surface area (Å²) >= 11 is 13.0. The van der Waals surface area contributed by atoms with Crippen LogP contribution in [-0.2, 0) is 11.4 Å². The van der Waals surface area contributed by atoms with E-state index in [9.17, 15) is 4.79 Å². The van der Waals surface area contributed by atoms with E-state index in [0.29, 0.717) is 39.5 Å². The number of hydrazone groups is 1. The lowest BCUT2D eigenvalue weighted by atomic mass is 10.2. The van der Waals surface area contributed by atoms with Gasteiger partial charge in [-0.05, 0) is 48.9 Å². The normalized spacial score (nSPS) is 10.7. The number of rotatable bonds is 12. The lowest BCUT2D eigenvalue weighted by Gasteiger charge is -2.10. The third-order valence-electron chi connectivity index (χ3n) is 3.98. The fourth-order valence-corrected chi connectivity index (χ4v) is 3.56. The molecule has 1 aromatic heterocycles. The molecule has 0 fully saturated rings. The number of ether oxygens (including phenoxy) is 3. The molecule has 13 heteroatoms. The van der Waals surface area contributed by atoms with Crippen LogP contribution in [0.2, 0.25) is 10.0 Å². The summed E-state index contributed by atoms with van der Waals surface area (Å²) in [5.41, 5.74) is 3.09. The van der Waals surface area contributed by atoms with E-state index in [-0.39, 0.29) is 36.0 Å². The minimum Gasteiger partial charge on any atom is -0.490 e. The molecule has 2 aromatic carbocycles. The lowest BCUT2D eigenvalue weighted by molar-refractivity contribution is -0.118. The van der Waals surface area contributed by atoms with Crippen molar-refractivity contribution in [1.82, 2.24) is 15.6 Å². The number of carbonyl (C=O) groups is 1. The molecule has 182 valence electrons. The molecule has 0 atom stereocenters. The number of nitrogens with zero attached hydrogens (tertiary/aromatic N) is 4. The van der Waals surface area contributed by atoms with Crippen LogP contribution in [0.25, 0.3) is 0 Å². The van der Waals surface area contributed by atoms with Crippen molar-refractivity contribution in [2.24, 2.45) is 5.10 Å². The number of amides is 1. The minimum atomic E-state index is -0.366. The number of halogens is 2. The Morgan fingerprint density at radius 3 is 2.77 bits per heavy atom. The third kappa shape index (κ3) is 8.36. The van der Waals surface area contributed by atoms with Gasteiger partial charge in [0, 0.05) is 5.02 Å². The molecule has 0 aliphatic heterocycles. The Labute approximate surface area is 215 Å². The van der Waals surface area contributed by atoms with E-state index < -0.39 is 0 Å². The molecule has 0 saturated heterocycles. The standard InChI is InChI=1S/C22H19Cl2N5O5S/c1-2-31-19-9-14(3-5-18(19)32-8-7-25)11-26-27-20(30)13-35-22-29-28-21(34-22)12-33-17-6-4-15(23)10-16(17)24/h3-6,9-11H,2,8,12-13H2,1H3,(H,27,30)/b26-11-. The van der Waals surface area contributed by atoms with Crippen LogP contribution in [0.5, 0.6) is 17.2 Å². The van der Waals surface area contributed by atoms with Crippen molar-refractivity contribution in [3.63, 3.8) is 0 Å². The van der Waals surface area contributed by atoms with E-state index in [4.69, 9.17) is 47.1 Å². The maximum Gasteiger partial charge on any atom is 0.277 e. The van der Waals surface area contributed by atoms with Crippen molar-refractivity contribution in [1.29, 1.82) is 5.26 Å². The van der Waals surface area contributed by atoms with E-state index in [1.165, 1.54) is 6.21 Å². The molecule has 0 saturated carbocycles. The first kappa shape index (κ1) is 26.2. The van der Waals surface area contributed by atoms with Gasteiger partial charge in [-0.15, -0.1) is 10.2 Å². The molecular formula is C22H19Cl2N5O5S. The Balaban J connectivity index is 1.45. The quantitative estimate of drug-likeness (QED) is 0.202. The summed E-state index contributed by atoms with van der Waals surface area (Å²) in [5, 5.41) is 21.4. The number of nitrogens with one attached hydrogen (secondary N) is 1. The molecule has 0 radical (unpaired) electrons. The van der Waals surface area contributed by atoms with Crippen LogP contribution in [0.3, 0.4) is 0 Å². The molecule has 0 unspecified atom stereocenters. The van der Waals surface area contributed by atoms with Crippen LogP contribution in [0.15, 0.2) is 51.1 Å². The van der Waals surface area contributed by atoms with Crippen molar-refractivity contribution in [3.8, 4) is 23.3 Å². The highest BCUT2D eigenvalue weighted by molar-refractivity contribution is 7.99. The Morgan fingerprint density at radius 1 is 1.17 bits per heavy atom. The minimum absolute atomic E-state index is 0.00791. The summed E-state index contributed by atoms with van der Waals surface area (Å²) < 4.78 is 21.8. The third-order valence-corrected chi connectivity index (χ3v) is 5.33. The molecule has 0 aliphatic rings. The molecule has 3 rings (SSSR count). The Morgan fingerprint density at radius 2 is 2.00 bits per heavy atom. The molecule has 0 bridgehead atoms. The van der Waals surface area contributed by atoms with Gasteiger partial charge in [0.25, 0.3) is 17.0 Å². The summed E-state index contributed by atoms with van der Waals surface area (Å²) in [6.07, 6.45) is 1.46. The van der Waals surface area contributed by atoms with Crippen LogP contribution in [0.1, 0.15) is 18.4 Å². The second-order valence-electron chi connectivity index (χ2n) is 6.49. The first-order valence-electron chi connectivity index (χ1n) is 10.1. The second kappa shape index (κ2) is 13.4. The van der Waals surface area contributed by atoms with Crippen LogP contribution in [-0.4, -0.2) is 41.3 Å². The van der Waals surface area contributed by atoms with Gasteiger partial charge in [0.05, 0.1) is 23.6 Å². The number of carbonyl (C=O) groups excluding carboxylic acids is 1. The highest BCUT2D eigenvalue weighted by Crippen LogP contribution is 2.29. The molecule has 1 amide bonds. The van der Waals surface area contributed by atoms with Crippen LogP contribution >= 0.6 is 35.0 Å². The van der Waals surface area contributed by atoms with Gasteiger partial charge in [-0.25, -0.2) is 5.43 Å². The lowest BCUT2D eigenvalue weighted by Crippen LogP contribution is -2.19. The number of aromatic nitrogens is 2. The zero-order chi connectivity index (χ0) is 25.0. The van der Waals surface area contributed by atoms with E-state index in [2.05, 4.69) is 20.7 Å². The monoisotopic (exact) mass is 535 g/mol. The average Bonchev–Trinajstić information content (AvgIpc) is 3.30. The fourth-order valence-electron chi connectivity index (χ4n) is 2.53. The van der Waals surface area contributed by atoms with Crippen LogP contribution in [0.4, 0.5) is 0 Å². The van der Waals surface area contributed by atoms with Gasteiger partial charge in [-0.1, -0.05) is 35.0 Å². The predicted molar refractivity (Wildman–Crippen MR) is 130 cm³/mol. The molecule has 10 nitrogen and oxygen atoms in total. The Bertz CT molecular complexity index is 1230. The maximum absolute atomic E-state index is 12.1. The largest absolute Gasteiger partial charge is 0.490 e. The van der Waals surface area contributed by atoms with Crippen LogP contribution in [0, 0.1) is 11.3 Å². The van der Waals surface area contributed by atoms with Crippen molar-refractivity contribution in [2.75, 3.05) is 19.0 Å². The van der Waals surface area contributed by atoms with Crippen molar-refractivity contribution < 1.29 is 23.4 Å². The van der Waals surface area contributed by atoms with Gasteiger partial charge in [-0.3, -0.25) is 4.79 Å². The maximum atomic E-state index is 12.1. The fraction of sp³-hybridized carbons (Fsp3) is 0.227. The van der Waals surface area contributed by atoms with Gasteiger partial charge in [0.15, 0.2) is 24.7 Å². The van der Waals surface area contributed by atoms with Gasteiger partial charge in [-0.2, -0.15) is 10.4 Å². The Hall–Kier alpha value is -3.46. The molecule has 0 aliphatic carbocycles. The number of hydrogen-bond acceptors (Lipinski definition) is 10. The first-order chi connectivity index (χ1) is 17.0. The van der Waals surface area contributed by atoms with Crippen LogP contribution < -0.4 is 19.6 Å². The number of hydrogen-bond donors (Lipinski definition) is 1. The summed E-state index contributed by atoms with van der Waals surface area (Å²) in [5.74, 6) is 1.22. The molecule has 35 heavy (non-hydrogen) atoms. The van der Waals surface area contributed by atoms with E-state index in [1.54, 1.807) is 36.4 Å². The van der Waals surface area contributed by atoms with Crippen molar-refractivity contribution in [3.05, 3.63) is 57.9 Å². The van der Waals surface area contributed by atoms with Crippen molar-refractivity contribution >= 4 is 47.1 Å². The summed E-state index contributed by atoms with van der Waals surface area (Å²) in [6.45, 7) is 2.18. The topological polar surface area (TPSA) is 132 Å². The zero-order valence-electron chi connectivity index (χ0n) is 18.4. The number of nitriles is 1. The smallest absolute Gasteiger partial charge is 0.277 e. The Kier molecular flexibility index (Phi) is 10.0. The SMILES string of the molecule is CCOc1cc(/C=N\NC(=O)CSc2nnc(COc3ccc(Cl)cc3Cl)o2)ccc1OCC#N. The molecular weight excluding hydrogens is 517 g/mol. The summed E-state index contributed by atoms with van der Waals surface area (Å²) in [6, 6.07) is 11.8. The van der Waals surface area contributed by atoms with Gasteiger partial charge in [0.2, 0.25) is 0 Å². The van der Waals surface area contributed by atoms with Gasteiger partial charge < -0.3 is 18.6 Å². The van der Waals surface area contributed by atoms with Gasteiger partial charge >= 0.3 is 0 Å². The second-order valence-corrected chi connectivity index (χ2v) is 8.26. The molecule has 3 aromatic rings. The summed E-state index contributed by atoms with van der Waals surface area (Å²) in [4.78, 5) is 12.1. The van der Waals surface area contributed by atoms with E-state index >= 15 is 0 Å². The summed E-state index contributed by atoms with van der Waals surface area (Å²) in [7, 11) is 0. The molecule has 0 spiro atoms. The molecule has 1 N–H and O–H groups in total. The first-order valence-corrected chi connectivity index (χ1v) is 11.8. The highest BCUT2D eigenvalue weighted by atomic mass is 35.5. The van der Waals surface area contributed by atoms with Gasteiger partial charge in [0.1, 0.15) is 11.8 Å².